The van der Waals surface area contributed by atoms with Crippen LogP contribution in [0, 0.1) is 0 Å². The molecule has 0 spiro atoms. The van der Waals surface area contributed by atoms with Crippen molar-refractivity contribution in [2.45, 2.75) is 5.16 Å². The summed E-state index contributed by atoms with van der Waals surface area (Å²) >= 11 is 4.31. The summed E-state index contributed by atoms with van der Waals surface area (Å²) in [7, 11) is 1.62. The van der Waals surface area contributed by atoms with Crippen LogP contribution in [-0.2, 0) is 0 Å². The van der Waals surface area contributed by atoms with E-state index in [9.17, 15) is 0 Å². The fourth-order valence-electron chi connectivity index (χ4n) is 2.04. The van der Waals surface area contributed by atoms with Gasteiger partial charge in [-0.15, -0.1) is 22.8 Å². The molecule has 0 N–H and O–H groups in total. The van der Waals surface area contributed by atoms with Crippen molar-refractivity contribution < 1.29 is 4.74 Å². The molecule has 5 nitrogen and oxygen atoms in total. The van der Waals surface area contributed by atoms with E-state index in [0.29, 0.717) is 16.7 Å². The smallest absolute Gasteiger partial charge is 0.209 e. The molecule has 0 unspecified atom stereocenters. The first-order chi connectivity index (χ1) is 10.8. The van der Waals surface area contributed by atoms with Crippen LogP contribution in [-0.4, -0.2) is 28.2 Å². The number of nitrogens with zero attached hydrogens (tertiary/aromatic N) is 4. The van der Waals surface area contributed by atoms with Gasteiger partial charge in [0.1, 0.15) is 5.75 Å². The minimum atomic E-state index is 0.410. The van der Waals surface area contributed by atoms with Crippen molar-refractivity contribution in [1.29, 1.82) is 0 Å². The summed E-state index contributed by atoms with van der Waals surface area (Å²) in [6.45, 7) is 0. The molecule has 6 heteroatoms. The third kappa shape index (κ3) is 2.87. The Balaban J connectivity index is 2.03. The third-order valence-electron chi connectivity index (χ3n) is 3.09. The van der Waals surface area contributed by atoms with Crippen LogP contribution in [0.15, 0.2) is 64.9 Å². The molecule has 22 heavy (non-hydrogen) atoms. The molecule has 1 aromatic heterocycles. The molecule has 3 rings (SSSR count). The van der Waals surface area contributed by atoms with Crippen LogP contribution < -0.4 is 4.74 Å². The molecule has 0 fully saturated rings. The van der Waals surface area contributed by atoms with Crippen LogP contribution >= 0.6 is 12.6 Å². The van der Waals surface area contributed by atoms with E-state index in [1.54, 1.807) is 18.0 Å². The van der Waals surface area contributed by atoms with Gasteiger partial charge in [0.05, 0.1) is 18.9 Å². The van der Waals surface area contributed by atoms with Crippen molar-refractivity contribution in [2.75, 3.05) is 7.11 Å². The number of hydrogen-bond donors (Lipinski definition) is 1. The molecule has 0 saturated heterocycles. The highest BCUT2D eigenvalue weighted by Gasteiger charge is 2.14. The Morgan fingerprint density at radius 3 is 2.55 bits per heavy atom. The molecule has 0 aliphatic rings. The predicted octanol–water partition coefficient (Wildman–Crippen LogP) is 3.12. The first kappa shape index (κ1) is 14.3. The van der Waals surface area contributed by atoms with Gasteiger partial charge in [-0.1, -0.05) is 42.5 Å². The molecule has 2 aromatic carbocycles. The summed E-state index contributed by atoms with van der Waals surface area (Å²) in [5.74, 6) is 1.29. The third-order valence-corrected chi connectivity index (χ3v) is 3.37. The Labute approximate surface area is 133 Å². The van der Waals surface area contributed by atoms with E-state index in [1.165, 1.54) is 0 Å². The van der Waals surface area contributed by atoms with Gasteiger partial charge in [0, 0.05) is 0 Å². The second-order valence-corrected chi connectivity index (χ2v) is 4.89. The fraction of sp³-hybridized carbons (Fsp3) is 0.0625. The first-order valence-corrected chi connectivity index (χ1v) is 7.11. The SMILES string of the molecule is COc1ccccc1-c1nnc(S)n1/N=C/c1ccccc1. The van der Waals surface area contributed by atoms with Crippen molar-refractivity contribution >= 4 is 18.8 Å². The number of thiol groups is 1. The number of benzene rings is 2. The van der Waals surface area contributed by atoms with Gasteiger partial charge in [0.2, 0.25) is 5.16 Å². The van der Waals surface area contributed by atoms with Crippen molar-refractivity contribution in [3.05, 3.63) is 60.2 Å². The first-order valence-electron chi connectivity index (χ1n) is 6.67. The Bertz CT molecular complexity index is 799. The Kier molecular flexibility index (Phi) is 4.20. The molecule has 0 atom stereocenters. The molecule has 110 valence electrons. The number of hydrogen-bond acceptors (Lipinski definition) is 5. The zero-order valence-corrected chi connectivity index (χ0v) is 12.8. The van der Waals surface area contributed by atoms with Gasteiger partial charge in [-0.05, 0) is 17.7 Å². The summed E-state index contributed by atoms with van der Waals surface area (Å²) < 4.78 is 6.95. The van der Waals surface area contributed by atoms with Crippen LogP contribution in [0.4, 0.5) is 0 Å². The zero-order valence-electron chi connectivity index (χ0n) is 11.9. The lowest BCUT2D eigenvalue weighted by molar-refractivity contribution is 0.416. The van der Waals surface area contributed by atoms with E-state index in [-0.39, 0.29) is 0 Å². The molecule has 1 heterocycles. The number of para-hydroxylation sites is 1. The fourth-order valence-corrected chi connectivity index (χ4v) is 2.23. The van der Waals surface area contributed by atoms with Crippen molar-refractivity contribution in [3.8, 4) is 17.1 Å². The van der Waals surface area contributed by atoms with Gasteiger partial charge in [-0.2, -0.15) is 9.78 Å². The number of aromatic nitrogens is 3. The van der Waals surface area contributed by atoms with Crippen LogP contribution in [0.3, 0.4) is 0 Å². The van der Waals surface area contributed by atoms with Crippen LogP contribution in [0.2, 0.25) is 0 Å². The van der Waals surface area contributed by atoms with Crippen LogP contribution in [0.25, 0.3) is 11.4 Å². The summed E-state index contributed by atoms with van der Waals surface area (Å²) in [6, 6.07) is 17.4. The van der Waals surface area contributed by atoms with E-state index < -0.39 is 0 Å². The molecule has 0 radical (unpaired) electrons. The average molecular weight is 310 g/mol. The minimum Gasteiger partial charge on any atom is -0.496 e. The molecular formula is C16H14N4OS. The predicted molar refractivity (Wildman–Crippen MR) is 88.7 cm³/mol. The lowest BCUT2D eigenvalue weighted by Gasteiger charge is -2.07. The van der Waals surface area contributed by atoms with Gasteiger partial charge in [-0.25, -0.2) is 0 Å². The van der Waals surface area contributed by atoms with Gasteiger partial charge < -0.3 is 4.74 Å². The maximum atomic E-state index is 5.37. The van der Waals surface area contributed by atoms with Crippen molar-refractivity contribution in [2.24, 2.45) is 5.10 Å². The number of methoxy groups -OCH3 is 1. The largest absolute Gasteiger partial charge is 0.496 e. The lowest BCUT2D eigenvalue weighted by Crippen LogP contribution is -1.97. The summed E-state index contributed by atoms with van der Waals surface area (Å²) in [6.07, 6.45) is 1.74. The molecule has 0 aliphatic heterocycles. The molecule has 0 saturated carbocycles. The quantitative estimate of drug-likeness (QED) is 0.595. The number of rotatable bonds is 4. The van der Waals surface area contributed by atoms with Gasteiger partial charge in [0.15, 0.2) is 5.82 Å². The summed E-state index contributed by atoms with van der Waals surface area (Å²) in [5.41, 5.74) is 1.79. The Morgan fingerprint density at radius 2 is 1.77 bits per heavy atom. The van der Waals surface area contributed by atoms with Crippen LogP contribution in [0.1, 0.15) is 5.56 Å². The number of ether oxygens (including phenoxy) is 1. The highest BCUT2D eigenvalue weighted by Crippen LogP contribution is 2.29. The molecule has 0 bridgehead atoms. The second kappa shape index (κ2) is 6.44. The van der Waals surface area contributed by atoms with Gasteiger partial charge >= 0.3 is 0 Å². The van der Waals surface area contributed by atoms with E-state index in [4.69, 9.17) is 4.74 Å². The standard InChI is InChI=1S/C16H14N4OS/c1-21-14-10-6-5-9-13(14)15-18-19-16(22)20(15)17-11-12-7-3-2-4-8-12/h2-11H,1H3,(H,19,22)/b17-11+. The van der Waals surface area contributed by atoms with E-state index >= 15 is 0 Å². The van der Waals surface area contributed by atoms with Gasteiger partial charge in [0.25, 0.3) is 0 Å². The Hall–Kier alpha value is -2.60. The normalized spacial score (nSPS) is 11.0. The zero-order chi connectivity index (χ0) is 15.4. The Morgan fingerprint density at radius 1 is 1.05 bits per heavy atom. The molecule has 3 aromatic rings. The second-order valence-electron chi connectivity index (χ2n) is 4.49. The molecular weight excluding hydrogens is 296 g/mol. The molecule has 0 aliphatic carbocycles. The molecule has 0 amide bonds. The minimum absolute atomic E-state index is 0.410. The summed E-state index contributed by atoms with van der Waals surface area (Å²) in [4.78, 5) is 0. The van der Waals surface area contributed by atoms with E-state index in [2.05, 4.69) is 27.9 Å². The highest BCUT2D eigenvalue weighted by molar-refractivity contribution is 7.80. The van der Waals surface area contributed by atoms with Crippen molar-refractivity contribution in [3.63, 3.8) is 0 Å². The van der Waals surface area contributed by atoms with Crippen LogP contribution in [0.5, 0.6) is 5.75 Å². The van der Waals surface area contributed by atoms with E-state index in [0.717, 1.165) is 11.1 Å². The monoisotopic (exact) mass is 310 g/mol. The lowest BCUT2D eigenvalue weighted by atomic mass is 10.2. The van der Waals surface area contributed by atoms with E-state index in [1.807, 2.05) is 54.6 Å². The average Bonchev–Trinajstić information content (AvgIpc) is 2.94. The highest BCUT2D eigenvalue weighted by atomic mass is 32.1. The summed E-state index contributed by atoms with van der Waals surface area (Å²) in [5, 5.41) is 13.0. The van der Waals surface area contributed by atoms with Crippen molar-refractivity contribution in [1.82, 2.24) is 14.9 Å². The maximum absolute atomic E-state index is 5.37. The van der Waals surface area contributed by atoms with Gasteiger partial charge in [-0.3, -0.25) is 0 Å². The maximum Gasteiger partial charge on any atom is 0.209 e. The topological polar surface area (TPSA) is 52.3 Å².